The van der Waals surface area contributed by atoms with Crippen molar-refractivity contribution in [1.82, 2.24) is 10.6 Å². The molecule has 1 rings (SSSR count). The van der Waals surface area contributed by atoms with E-state index in [1.807, 2.05) is 0 Å². The number of rotatable bonds is 4. The van der Waals surface area contributed by atoms with Crippen LogP contribution in [0.2, 0.25) is 0 Å². The van der Waals surface area contributed by atoms with E-state index in [1.54, 1.807) is 0 Å². The molecular formula is C10H20N2O2. The van der Waals surface area contributed by atoms with Crippen molar-refractivity contribution in [1.29, 1.82) is 0 Å². The van der Waals surface area contributed by atoms with Crippen LogP contribution in [0.3, 0.4) is 0 Å². The van der Waals surface area contributed by atoms with Crippen LogP contribution in [0.25, 0.3) is 0 Å². The van der Waals surface area contributed by atoms with Crippen LogP contribution in [-0.2, 0) is 4.79 Å². The molecule has 1 heterocycles. The van der Waals surface area contributed by atoms with Crippen molar-refractivity contribution in [3.05, 3.63) is 0 Å². The Hall–Kier alpha value is -0.610. The van der Waals surface area contributed by atoms with Gasteiger partial charge in [0, 0.05) is 6.54 Å². The Morgan fingerprint density at radius 2 is 2.43 bits per heavy atom. The average Bonchev–Trinajstić information content (AvgIpc) is 2.26. The maximum atomic E-state index is 11.5. The van der Waals surface area contributed by atoms with E-state index in [9.17, 15) is 4.79 Å². The van der Waals surface area contributed by atoms with Crippen molar-refractivity contribution in [2.45, 2.75) is 32.2 Å². The fraction of sp³-hybridized carbons (Fsp3) is 0.900. The summed E-state index contributed by atoms with van der Waals surface area (Å²) < 4.78 is 0. The molecule has 0 bridgehead atoms. The number of aliphatic hydroxyl groups is 1. The minimum absolute atomic E-state index is 0.00959. The van der Waals surface area contributed by atoms with Crippen molar-refractivity contribution in [3.8, 4) is 0 Å². The molecule has 4 heteroatoms. The van der Waals surface area contributed by atoms with Crippen molar-refractivity contribution < 1.29 is 9.90 Å². The van der Waals surface area contributed by atoms with Crippen LogP contribution in [0.15, 0.2) is 0 Å². The van der Waals surface area contributed by atoms with Crippen LogP contribution in [-0.4, -0.2) is 36.8 Å². The first-order valence-corrected chi connectivity index (χ1v) is 5.39. The van der Waals surface area contributed by atoms with Gasteiger partial charge < -0.3 is 15.7 Å². The van der Waals surface area contributed by atoms with Gasteiger partial charge in [-0.3, -0.25) is 4.79 Å². The summed E-state index contributed by atoms with van der Waals surface area (Å²) in [7, 11) is 0. The van der Waals surface area contributed by atoms with Crippen molar-refractivity contribution in [3.63, 3.8) is 0 Å². The van der Waals surface area contributed by atoms with Gasteiger partial charge in [-0.25, -0.2) is 0 Å². The predicted molar refractivity (Wildman–Crippen MR) is 54.9 cm³/mol. The van der Waals surface area contributed by atoms with Crippen molar-refractivity contribution in [2.75, 3.05) is 19.7 Å². The number of hydrogen-bond donors (Lipinski definition) is 3. The zero-order valence-electron chi connectivity index (χ0n) is 8.75. The Labute approximate surface area is 85.1 Å². The molecule has 2 unspecified atom stereocenters. The summed E-state index contributed by atoms with van der Waals surface area (Å²) in [6.07, 6.45) is 3.24. The molecule has 0 aliphatic carbocycles. The molecule has 1 aliphatic rings. The summed E-state index contributed by atoms with van der Waals surface area (Å²) in [5, 5.41) is 14.5. The topological polar surface area (TPSA) is 61.4 Å². The molecule has 1 saturated heterocycles. The molecule has 3 N–H and O–H groups in total. The maximum Gasteiger partial charge on any atom is 0.237 e. The molecule has 0 saturated carbocycles. The molecule has 82 valence electrons. The summed E-state index contributed by atoms with van der Waals surface area (Å²) in [5.74, 6) is 0.693. The lowest BCUT2D eigenvalue weighted by atomic mass is 9.90. The molecular weight excluding hydrogens is 180 g/mol. The lowest BCUT2D eigenvalue weighted by Gasteiger charge is -2.28. The van der Waals surface area contributed by atoms with Crippen LogP contribution in [0.1, 0.15) is 26.2 Å². The third-order valence-corrected chi connectivity index (χ3v) is 2.82. The van der Waals surface area contributed by atoms with E-state index in [0.29, 0.717) is 12.5 Å². The molecule has 0 aromatic rings. The first-order valence-electron chi connectivity index (χ1n) is 5.39. The highest BCUT2D eigenvalue weighted by atomic mass is 16.3. The Balaban J connectivity index is 2.31. The number of piperidine rings is 1. The number of nitrogens with one attached hydrogen (secondary N) is 2. The first kappa shape index (κ1) is 11.5. The van der Waals surface area contributed by atoms with Crippen LogP contribution in [0.5, 0.6) is 0 Å². The zero-order chi connectivity index (χ0) is 10.4. The second kappa shape index (κ2) is 5.98. The molecule has 0 aromatic carbocycles. The zero-order valence-corrected chi connectivity index (χ0v) is 8.75. The summed E-state index contributed by atoms with van der Waals surface area (Å²) in [5.41, 5.74) is 0. The molecule has 1 aliphatic heterocycles. The van der Waals surface area contributed by atoms with E-state index in [1.165, 1.54) is 6.42 Å². The Morgan fingerprint density at radius 3 is 3.07 bits per heavy atom. The Bertz CT molecular complexity index is 185. The van der Waals surface area contributed by atoms with Gasteiger partial charge in [0.2, 0.25) is 5.91 Å². The fourth-order valence-corrected chi connectivity index (χ4v) is 1.87. The third kappa shape index (κ3) is 3.27. The molecule has 4 nitrogen and oxygen atoms in total. The van der Waals surface area contributed by atoms with Crippen molar-refractivity contribution >= 4 is 5.91 Å². The highest BCUT2D eigenvalue weighted by Crippen LogP contribution is 2.19. The van der Waals surface area contributed by atoms with Crippen LogP contribution in [0.4, 0.5) is 0 Å². The average molecular weight is 200 g/mol. The van der Waals surface area contributed by atoms with E-state index in [2.05, 4.69) is 17.6 Å². The summed E-state index contributed by atoms with van der Waals surface area (Å²) >= 11 is 0. The number of carbonyl (C=O) groups excluding carboxylic acids is 1. The second-order valence-electron chi connectivity index (χ2n) is 3.82. The Morgan fingerprint density at radius 1 is 1.64 bits per heavy atom. The quantitative estimate of drug-likeness (QED) is 0.592. The van der Waals surface area contributed by atoms with Gasteiger partial charge in [0.15, 0.2) is 0 Å². The summed E-state index contributed by atoms with van der Waals surface area (Å²) in [6, 6.07) is -0.0553. The van der Waals surface area contributed by atoms with Gasteiger partial charge in [0.25, 0.3) is 0 Å². The van der Waals surface area contributed by atoms with E-state index in [0.717, 1.165) is 19.4 Å². The standard InChI is InChI=1S/C10H20N2O2/c1-2-8-3-4-11-9(7-8)10(14)12-5-6-13/h8-9,11,13H,2-7H2,1H3,(H,12,14). The minimum Gasteiger partial charge on any atom is -0.395 e. The van der Waals surface area contributed by atoms with Gasteiger partial charge in [0.05, 0.1) is 12.6 Å². The van der Waals surface area contributed by atoms with Gasteiger partial charge in [-0.05, 0) is 25.3 Å². The number of carbonyl (C=O) groups is 1. The molecule has 2 atom stereocenters. The van der Waals surface area contributed by atoms with Gasteiger partial charge >= 0.3 is 0 Å². The van der Waals surface area contributed by atoms with E-state index in [4.69, 9.17) is 5.11 Å². The lowest BCUT2D eigenvalue weighted by Crippen LogP contribution is -2.49. The maximum absolute atomic E-state index is 11.5. The monoisotopic (exact) mass is 200 g/mol. The predicted octanol–water partition coefficient (Wildman–Crippen LogP) is -0.127. The minimum atomic E-state index is -0.0553. The van der Waals surface area contributed by atoms with Gasteiger partial charge in [-0.1, -0.05) is 13.3 Å². The van der Waals surface area contributed by atoms with Crippen LogP contribution in [0, 0.1) is 5.92 Å². The normalized spacial score (nSPS) is 27.3. The van der Waals surface area contributed by atoms with E-state index in [-0.39, 0.29) is 18.6 Å². The first-order chi connectivity index (χ1) is 6.77. The van der Waals surface area contributed by atoms with E-state index < -0.39 is 0 Å². The second-order valence-corrected chi connectivity index (χ2v) is 3.82. The highest BCUT2D eigenvalue weighted by Gasteiger charge is 2.25. The number of amides is 1. The molecule has 0 spiro atoms. The van der Waals surface area contributed by atoms with Gasteiger partial charge in [-0.2, -0.15) is 0 Å². The van der Waals surface area contributed by atoms with Gasteiger partial charge in [0.1, 0.15) is 0 Å². The summed E-state index contributed by atoms with van der Waals surface area (Å²) in [6.45, 7) is 3.46. The lowest BCUT2D eigenvalue weighted by molar-refractivity contribution is -0.124. The van der Waals surface area contributed by atoms with Crippen molar-refractivity contribution in [2.24, 2.45) is 5.92 Å². The molecule has 1 amide bonds. The smallest absolute Gasteiger partial charge is 0.237 e. The molecule has 1 fully saturated rings. The highest BCUT2D eigenvalue weighted by molar-refractivity contribution is 5.81. The SMILES string of the molecule is CCC1CCNC(C(=O)NCCO)C1. The third-order valence-electron chi connectivity index (χ3n) is 2.82. The molecule has 0 aromatic heterocycles. The van der Waals surface area contributed by atoms with Crippen LogP contribution >= 0.6 is 0 Å². The molecule has 14 heavy (non-hydrogen) atoms. The Kier molecular flexibility index (Phi) is 4.90. The van der Waals surface area contributed by atoms with E-state index >= 15 is 0 Å². The fourth-order valence-electron chi connectivity index (χ4n) is 1.87. The van der Waals surface area contributed by atoms with Crippen LogP contribution < -0.4 is 10.6 Å². The largest absolute Gasteiger partial charge is 0.395 e. The number of hydrogen-bond acceptors (Lipinski definition) is 3. The number of aliphatic hydroxyl groups excluding tert-OH is 1. The molecule has 0 radical (unpaired) electrons. The summed E-state index contributed by atoms with van der Waals surface area (Å²) in [4.78, 5) is 11.5. The van der Waals surface area contributed by atoms with Gasteiger partial charge in [-0.15, -0.1) is 0 Å².